The number of aliphatic hydroxyl groups excluding tert-OH is 3. The number of unbranched alkanes of at least 4 members (excludes halogenated alkanes) is 13. The second kappa shape index (κ2) is 17.7. The van der Waals surface area contributed by atoms with E-state index < -0.39 is 55.5 Å². The molecule has 0 aromatic carbocycles. The van der Waals surface area contributed by atoms with Gasteiger partial charge in [0, 0.05) is 6.42 Å². The maximum atomic E-state index is 12.7. The molecule has 1 aliphatic rings. The summed E-state index contributed by atoms with van der Waals surface area (Å²) < 4.78 is 14.9. The number of cyclic esters (lactones) is 3. The Balaban J connectivity index is 2.39. The summed E-state index contributed by atoms with van der Waals surface area (Å²) in [6, 6.07) is 0. The highest BCUT2D eigenvalue weighted by molar-refractivity contribution is 5.90. The molecule has 0 radical (unpaired) electrons. The molecule has 1 saturated heterocycles. The summed E-state index contributed by atoms with van der Waals surface area (Å²) in [4.78, 5) is 36.9. The third-order valence-corrected chi connectivity index (χ3v) is 6.22. The minimum absolute atomic E-state index is 0.00338. The van der Waals surface area contributed by atoms with E-state index in [2.05, 4.69) is 6.92 Å². The lowest BCUT2D eigenvalue weighted by atomic mass is 9.95. The van der Waals surface area contributed by atoms with E-state index in [1.165, 1.54) is 57.8 Å². The van der Waals surface area contributed by atoms with Crippen LogP contribution in [0.1, 0.15) is 103 Å². The van der Waals surface area contributed by atoms with Crippen LogP contribution < -0.4 is 0 Å². The minimum atomic E-state index is -2.01. The second-order valence-corrected chi connectivity index (χ2v) is 9.10. The predicted octanol–water partition coefficient (Wildman–Crippen LogP) is 2.95. The maximum absolute atomic E-state index is 12.7. The van der Waals surface area contributed by atoms with Gasteiger partial charge in [-0.3, -0.25) is 0 Å². The van der Waals surface area contributed by atoms with E-state index in [4.69, 9.17) is 14.2 Å². The number of esters is 3. The van der Waals surface area contributed by atoms with Crippen LogP contribution in [0.4, 0.5) is 0 Å². The first kappa shape index (κ1) is 30.3. The summed E-state index contributed by atoms with van der Waals surface area (Å²) >= 11 is 0. The Labute approximate surface area is 203 Å². The van der Waals surface area contributed by atoms with E-state index in [0.29, 0.717) is 6.42 Å². The number of carbonyl (C=O) groups is 3. The molecule has 1 fully saturated rings. The summed E-state index contributed by atoms with van der Waals surface area (Å²) in [5.41, 5.74) is -2.01. The lowest BCUT2D eigenvalue weighted by molar-refractivity contribution is -0.193. The van der Waals surface area contributed by atoms with Gasteiger partial charge in [0.1, 0.15) is 0 Å². The van der Waals surface area contributed by atoms with Crippen LogP contribution in [0.15, 0.2) is 0 Å². The Morgan fingerprint density at radius 2 is 1.09 bits per heavy atom. The molecule has 1 aliphatic heterocycles. The van der Waals surface area contributed by atoms with Gasteiger partial charge in [0.15, 0.2) is 0 Å². The quantitative estimate of drug-likeness (QED) is 0.151. The molecule has 198 valence electrons. The van der Waals surface area contributed by atoms with Crippen molar-refractivity contribution >= 4 is 17.9 Å². The molecular formula is C25H44O9. The lowest BCUT2D eigenvalue weighted by Crippen LogP contribution is -2.50. The van der Waals surface area contributed by atoms with Gasteiger partial charge in [-0.05, 0) is 6.42 Å². The van der Waals surface area contributed by atoms with Gasteiger partial charge in [-0.1, -0.05) is 90.4 Å². The maximum Gasteiger partial charge on any atom is 0.354 e. The number of aliphatic hydroxyl groups is 3. The van der Waals surface area contributed by atoms with E-state index in [-0.39, 0.29) is 6.42 Å². The fourth-order valence-electron chi connectivity index (χ4n) is 4.01. The number of hydrogen-bond donors (Lipinski definition) is 3. The van der Waals surface area contributed by atoms with E-state index in [0.717, 1.165) is 25.7 Å². The van der Waals surface area contributed by atoms with Crippen molar-refractivity contribution in [2.24, 2.45) is 0 Å². The van der Waals surface area contributed by atoms with Crippen LogP contribution in [0.3, 0.4) is 0 Å². The van der Waals surface area contributed by atoms with Crippen LogP contribution in [-0.2, 0) is 28.6 Å². The fourth-order valence-corrected chi connectivity index (χ4v) is 4.01. The molecule has 0 aromatic rings. The molecule has 9 heteroatoms. The van der Waals surface area contributed by atoms with E-state index >= 15 is 0 Å². The average molecular weight is 489 g/mol. The number of ether oxygens (including phenoxy) is 3. The first-order valence-electron chi connectivity index (χ1n) is 12.9. The van der Waals surface area contributed by atoms with Gasteiger partial charge in [0.2, 0.25) is 17.8 Å². The van der Waals surface area contributed by atoms with E-state index in [9.17, 15) is 29.7 Å². The Kier molecular flexibility index (Phi) is 15.8. The fraction of sp³-hybridized carbons (Fsp3) is 0.880. The smallest absolute Gasteiger partial charge is 0.354 e. The number of rotatable bonds is 18. The van der Waals surface area contributed by atoms with Gasteiger partial charge in [0.05, 0.1) is 19.8 Å². The van der Waals surface area contributed by atoms with Crippen molar-refractivity contribution in [3.05, 3.63) is 0 Å². The molecule has 0 spiro atoms. The Morgan fingerprint density at radius 1 is 0.647 bits per heavy atom. The SMILES string of the molecule is CCCCCCCCCCCCCCCCC1(CO)OC(=O)C(CO)OC(=O)C(CO)OC1=O. The van der Waals surface area contributed by atoms with Crippen LogP contribution in [0.25, 0.3) is 0 Å². The second-order valence-electron chi connectivity index (χ2n) is 9.10. The third-order valence-electron chi connectivity index (χ3n) is 6.22. The summed E-state index contributed by atoms with van der Waals surface area (Å²) in [7, 11) is 0. The van der Waals surface area contributed by atoms with Crippen molar-refractivity contribution in [3.8, 4) is 0 Å². The molecule has 0 aliphatic carbocycles. The third kappa shape index (κ3) is 10.7. The van der Waals surface area contributed by atoms with Crippen molar-refractivity contribution in [1.82, 2.24) is 0 Å². The molecule has 1 rings (SSSR count). The average Bonchev–Trinajstić information content (AvgIpc) is 2.87. The van der Waals surface area contributed by atoms with Gasteiger partial charge in [0.25, 0.3) is 0 Å². The highest BCUT2D eigenvalue weighted by Gasteiger charge is 2.48. The molecule has 3 N–H and O–H groups in total. The Morgan fingerprint density at radius 3 is 1.53 bits per heavy atom. The molecule has 1 heterocycles. The highest BCUT2D eigenvalue weighted by atomic mass is 16.7. The predicted molar refractivity (Wildman–Crippen MR) is 125 cm³/mol. The lowest BCUT2D eigenvalue weighted by Gasteiger charge is -2.29. The minimum Gasteiger partial charge on any atom is -0.445 e. The molecule has 0 aromatic heterocycles. The molecule has 3 atom stereocenters. The molecule has 0 amide bonds. The summed E-state index contributed by atoms with van der Waals surface area (Å²) in [5.74, 6) is -3.43. The van der Waals surface area contributed by atoms with Crippen molar-refractivity contribution in [1.29, 1.82) is 0 Å². The van der Waals surface area contributed by atoms with Gasteiger partial charge in [-0.15, -0.1) is 0 Å². The first-order chi connectivity index (χ1) is 16.4. The zero-order valence-corrected chi connectivity index (χ0v) is 20.7. The van der Waals surface area contributed by atoms with Crippen LogP contribution in [-0.4, -0.2) is 70.9 Å². The van der Waals surface area contributed by atoms with Crippen molar-refractivity contribution in [2.45, 2.75) is 121 Å². The van der Waals surface area contributed by atoms with Crippen LogP contribution in [0, 0.1) is 0 Å². The van der Waals surface area contributed by atoms with Crippen molar-refractivity contribution in [3.63, 3.8) is 0 Å². The molecule has 0 saturated carbocycles. The molecule has 0 bridgehead atoms. The van der Waals surface area contributed by atoms with Crippen LogP contribution in [0.2, 0.25) is 0 Å². The topological polar surface area (TPSA) is 140 Å². The van der Waals surface area contributed by atoms with Gasteiger partial charge >= 0.3 is 17.9 Å². The Bertz CT molecular complexity index is 593. The van der Waals surface area contributed by atoms with Crippen LogP contribution in [0.5, 0.6) is 0 Å². The van der Waals surface area contributed by atoms with Crippen molar-refractivity contribution < 1.29 is 43.9 Å². The zero-order chi connectivity index (χ0) is 25.2. The summed E-state index contributed by atoms with van der Waals surface area (Å²) in [6.07, 6.45) is 12.8. The zero-order valence-electron chi connectivity index (χ0n) is 20.7. The summed E-state index contributed by atoms with van der Waals surface area (Å²) in [5, 5.41) is 28.6. The standard InChI is InChI=1S/C25H44O9/c1-2-3-4-5-6-7-8-9-10-11-12-13-14-15-16-25(19-28)24(31)33-20(17-26)22(29)32-21(18-27)23(30)34-25/h20-21,26-28H,2-19H2,1H3. The summed E-state index contributed by atoms with van der Waals surface area (Å²) in [6.45, 7) is -0.346. The first-order valence-corrected chi connectivity index (χ1v) is 12.9. The normalized spacial score (nSPS) is 23.5. The highest BCUT2D eigenvalue weighted by Crippen LogP contribution is 2.26. The Hall–Kier alpha value is -1.71. The van der Waals surface area contributed by atoms with E-state index in [1.807, 2.05) is 0 Å². The molecule has 9 nitrogen and oxygen atoms in total. The van der Waals surface area contributed by atoms with Gasteiger partial charge in [-0.25, -0.2) is 14.4 Å². The molecule has 34 heavy (non-hydrogen) atoms. The largest absolute Gasteiger partial charge is 0.445 e. The van der Waals surface area contributed by atoms with Crippen LogP contribution >= 0.6 is 0 Å². The number of carbonyl (C=O) groups excluding carboxylic acids is 3. The monoisotopic (exact) mass is 488 g/mol. The molecular weight excluding hydrogens is 444 g/mol. The van der Waals surface area contributed by atoms with Crippen molar-refractivity contribution in [2.75, 3.05) is 19.8 Å². The van der Waals surface area contributed by atoms with Gasteiger partial charge in [-0.2, -0.15) is 0 Å². The molecule has 3 unspecified atom stereocenters. The van der Waals surface area contributed by atoms with E-state index in [1.54, 1.807) is 0 Å². The number of hydrogen-bond acceptors (Lipinski definition) is 9. The van der Waals surface area contributed by atoms with Gasteiger partial charge < -0.3 is 29.5 Å².